The number of hydrogen-bond donors (Lipinski definition) is 3. The number of carboxylic acids is 2. The number of rotatable bonds is 12. The van der Waals surface area contributed by atoms with Gasteiger partial charge in [-0.05, 0) is 22.9 Å². The number of carboxylic acid groups (broad SMARTS) is 2. The fraction of sp³-hybridized carbons (Fsp3) is 0.375. The first-order chi connectivity index (χ1) is 24.8. The third kappa shape index (κ3) is 9.91. The van der Waals surface area contributed by atoms with Crippen LogP contribution in [-0.4, -0.2) is 110 Å². The number of ether oxygens (including phenoxy) is 2. The van der Waals surface area contributed by atoms with Crippen molar-refractivity contribution in [1.82, 2.24) is 20.4 Å². The Balaban J connectivity index is 0.000000232. The zero-order valence-corrected chi connectivity index (χ0v) is 33.7. The number of thioether (sulfide) groups is 2. The molecule has 2 saturated heterocycles. The second-order valence-corrected chi connectivity index (χ2v) is 15.8. The Labute approximate surface area is 341 Å². The molecule has 53 heavy (non-hydrogen) atoms. The number of carbonyl (C=O) groups is 8. The van der Waals surface area contributed by atoms with Crippen LogP contribution >= 0.6 is 46.2 Å². The molecule has 1 unspecified atom stereocenters. The van der Waals surface area contributed by atoms with Gasteiger partial charge in [-0.25, -0.2) is 4.79 Å². The number of thiophene rings is 2. The first kappa shape index (κ1) is 42.1. The molecule has 0 radical (unpaired) electrons. The molecule has 4 amide bonds. The molecule has 0 spiro atoms. The summed E-state index contributed by atoms with van der Waals surface area (Å²) in [6.07, 6.45) is 0.345. The number of nitrogens with zero attached hydrogens (tertiary/aromatic N) is 2. The summed E-state index contributed by atoms with van der Waals surface area (Å²) in [5, 5.41) is 29.0. The van der Waals surface area contributed by atoms with E-state index in [1.807, 2.05) is 35.0 Å². The largest absolute Gasteiger partial charge is 1.00 e. The number of amides is 4. The summed E-state index contributed by atoms with van der Waals surface area (Å²) in [4.78, 5) is 98.1. The zero-order valence-electron chi connectivity index (χ0n) is 28.5. The molecule has 2 fully saturated rings. The average molecular weight is 815 g/mol. The van der Waals surface area contributed by atoms with Crippen molar-refractivity contribution in [3.63, 3.8) is 0 Å². The minimum atomic E-state index is -1.51. The van der Waals surface area contributed by atoms with E-state index in [0.717, 1.165) is 19.6 Å². The first-order valence-electron chi connectivity index (χ1n) is 15.4. The SMILES string of the molecule is CC(=O)OCC1=C(C(=O)O)N2C(=O)[C@@H](NC(=O)Cc3cccs3)[C@H]2SC1.CC(=O)OCC1=C(C(=O)[O-])N2C(=O)C(NC(=O)Cc3cccs3)[C@H]2SC1.[Na+]. The van der Waals surface area contributed by atoms with Crippen LogP contribution in [0.1, 0.15) is 23.6 Å². The van der Waals surface area contributed by atoms with Crippen LogP contribution in [0.2, 0.25) is 0 Å². The quantitative estimate of drug-likeness (QED) is 0.109. The molecule has 0 aromatic carbocycles. The Morgan fingerprint density at radius 2 is 1.19 bits per heavy atom. The van der Waals surface area contributed by atoms with Crippen molar-refractivity contribution in [3.05, 3.63) is 67.3 Å². The van der Waals surface area contributed by atoms with E-state index in [1.54, 1.807) is 0 Å². The van der Waals surface area contributed by atoms with Crippen LogP contribution in [0.25, 0.3) is 0 Å². The van der Waals surface area contributed by atoms with E-state index < -0.39 is 58.5 Å². The van der Waals surface area contributed by atoms with E-state index in [2.05, 4.69) is 10.6 Å². The molecule has 4 aliphatic heterocycles. The van der Waals surface area contributed by atoms with Crippen molar-refractivity contribution < 1.29 is 87.6 Å². The van der Waals surface area contributed by atoms with Gasteiger partial charge >= 0.3 is 47.5 Å². The standard InChI is InChI=1S/2C16H16N2O6S2.Na/c2*1-8(19)24-6-9-7-26-15-12(14(21)18(15)13(9)16(22)23)17-11(20)5-10-3-2-4-25-10;/h2*2-4,12,15H,5-7H2,1H3,(H,17,20)(H,22,23);/q;;+1/p-1/t12?,15-;12-,15-;/m11./s1. The minimum Gasteiger partial charge on any atom is -0.543 e. The van der Waals surface area contributed by atoms with Gasteiger partial charge in [0.05, 0.1) is 24.5 Å². The van der Waals surface area contributed by atoms with E-state index in [1.165, 1.54) is 60.0 Å². The van der Waals surface area contributed by atoms with Gasteiger partial charge in [-0.2, -0.15) is 0 Å². The summed E-state index contributed by atoms with van der Waals surface area (Å²) < 4.78 is 9.72. The number of carbonyl (C=O) groups excluding carboxylic acids is 7. The first-order valence-corrected chi connectivity index (χ1v) is 19.3. The normalized spacial score (nSPS) is 21.3. The Kier molecular flexibility index (Phi) is 14.8. The fourth-order valence-electron chi connectivity index (χ4n) is 5.55. The van der Waals surface area contributed by atoms with Crippen LogP contribution in [0.15, 0.2) is 57.6 Å². The molecule has 276 valence electrons. The molecule has 16 nitrogen and oxygen atoms in total. The van der Waals surface area contributed by atoms with Gasteiger partial charge in [-0.1, -0.05) is 12.1 Å². The van der Waals surface area contributed by atoms with E-state index in [4.69, 9.17) is 9.47 Å². The van der Waals surface area contributed by atoms with Crippen molar-refractivity contribution in [2.75, 3.05) is 24.7 Å². The molecular formula is C32H31N4NaO12S4. The number of nitrogens with one attached hydrogen (secondary N) is 2. The number of esters is 2. The van der Waals surface area contributed by atoms with Crippen molar-refractivity contribution in [3.8, 4) is 0 Å². The summed E-state index contributed by atoms with van der Waals surface area (Å²) in [7, 11) is 0. The van der Waals surface area contributed by atoms with Crippen molar-refractivity contribution >= 4 is 93.7 Å². The predicted molar refractivity (Wildman–Crippen MR) is 186 cm³/mol. The average Bonchev–Trinajstić information content (AvgIpc) is 3.81. The molecule has 4 atom stereocenters. The van der Waals surface area contributed by atoms with E-state index >= 15 is 0 Å². The van der Waals surface area contributed by atoms with Gasteiger partial charge in [-0.15, -0.1) is 46.2 Å². The third-order valence-electron chi connectivity index (χ3n) is 7.85. The number of aliphatic carboxylic acids is 2. The van der Waals surface area contributed by atoms with Crippen LogP contribution < -0.4 is 45.3 Å². The smallest absolute Gasteiger partial charge is 0.543 e. The number of fused-ring (bicyclic) bond motifs is 2. The molecule has 6 heterocycles. The van der Waals surface area contributed by atoms with E-state index in [-0.39, 0.29) is 84.6 Å². The molecule has 2 aromatic rings. The monoisotopic (exact) mass is 814 g/mol. The maximum absolute atomic E-state index is 12.4. The predicted octanol–water partition coefficient (Wildman–Crippen LogP) is -3.15. The molecule has 4 aliphatic rings. The summed E-state index contributed by atoms with van der Waals surface area (Å²) >= 11 is 5.54. The summed E-state index contributed by atoms with van der Waals surface area (Å²) in [5.74, 6) is -4.82. The van der Waals surface area contributed by atoms with Crippen LogP contribution in [0, 0.1) is 0 Å². The van der Waals surface area contributed by atoms with Gasteiger partial charge in [0.25, 0.3) is 11.8 Å². The van der Waals surface area contributed by atoms with Gasteiger partial charge < -0.3 is 35.1 Å². The summed E-state index contributed by atoms with van der Waals surface area (Å²) in [6, 6.07) is 5.81. The van der Waals surface area contributed by atoms with E-state index in [0.29, 0.717) is 16.9 Å². The van der Waals surface area contributed by atoms with Crippen LogP contribution in [0.5, 0.6) is 0 Å². The fourth-order valence-corrected chi connectivity index (χ4v) is 9.61. The van der Waals surface area contributed by atoms with Crippen molar-refractivity contribution in [2.24, 2.45) is 0 Å². The third-order valence-corrected chi connectivity index (χ3v) is 12.3. The van der Waals surface area contributed by atoms with E-state index in [9.17, 15) is 48.6 Å². The topological polar surface area (TPSA) is 229 Å². The Morgan fingerprint density at radius 3 is 1.55 bits per heavy atom. The molecular weight excluding hydrogens is 784 g/mol. The van der Waals surface area contributed by atoms with Gasteiger partial charge in [-0.3, -0.25) is 38.6 Å². The minimum absolute atomic E-state index is 0. The molecule has 2 aromatic heterocycles. The molecule has 0 saturated carbocycles. The molecule has 6 rings (SSSR count). The maximum Gasteiger partial charge on any atom is 1.00 e. The van der Waals surface area contributed by atoms with Crippen molar-refractivity contribution in [2.45, 2.75) is 49.5 Å². The molecule has 0 aliphatic carbocycles. The maximum atomic E-state index is 12.4. The van der Waals surface area contributed by atoms with Gasteiger partial charge in [0.2, 0.25) is 11.8 Å². The molecule has 21 heteroatoms. The number of β-lactam (4-membered cyclic amide) rings is 2. The Morgan fingerprint density at radius 1 is 0.774 bits per heavy atom. The van der Waals surface area contributed by atoms with Crippen molar-refractivity contribution in [1.29, 1.82) is 0 Å². The second-order valence-electron chi connectivity index (χ2n) is 11.5. The van der Waals surface area contributed by atoms with Gasteiger partial charge in [0.15, 0.2) is 0 Å². The summed E-state index contributed by atoms with van der Waals surface area (Å²) in [6.45, 7) is 2.06. The zero-order chi connectivity index (χ0) is 37.7. The number of hydrogen-bond acceptors (Lipinski definition) is 15. The van der Waals surface area contributed by atoms with Crippen LogP contribution in [0.4, 0.5) is 0 Å². The Hall–Kier alpha value is -3.66. The van der Waals surface area contributed by atoms with Crippen LogP contribution in [-0.2, 0) is 60.7 Å². The molecule has 0 bridgehead atoms. The Bertz CT molecular complexity index is 1720. The molecule has 3 N–H and O–H groups in total. The van der Waals surface area contributed by atoms with Gasteiger partial charge in [0, 0.05) is 46.3 Å². The van der Waals surface area contributed by atoms with Gasteiger partial charge in [0.1, 0.15) is 41.7 Å². The summed E-state index contributed by atoms with van der Waals surface area (Å²) in [5.41, 5.74) is 0.233. The van der Waals surface area contributed by atoms with Crippen LogP contribution in [0.3, 0.4) is 0 Å². The second kappa shape index (κ2) is 18.6.